The Morgan fingerprint density at radius 1 is 0.571 bits per heavy atom. The van der Waals surface area contributed by atoms with Crippen LogP contribution in [0.4, 0.5) is 0 Å². The maximum absolute atomic E-state index is 13.0. The predicted octanol–water partition coefficient (Wildman–Crippen LogP) is 10.4. The molecule has 1 fully saturated rings. The standard InChI is InChI=1S/C52H95NO10/c1-3-5-7-9-11-13-18-22-26-30-34-38-45(55)44(43-62-52-51(60)50(59)49(58)46(42-54)63-52)53-47(56)39-35-31-27-23-20-16-15-17-21-25-29-33-37-41-61-48(57)40-36-32-28-24-19-14-12-10-8-6-4-2/h16,18,20,22,34,38,44-46,49-52,54-55,58-60H,3-15,17,19,21,23-33,35-37,39-43H2,1-2H3,(H,53,56)/b20-16-,22-18+,38-34+. The first kappa shape index (κ1) is 58.9. The number of esters is 1. The monoisotopic (exact) mass is 894 g/mol. The molecule has 0 aromatic carbocycles. The summed E-state index contributed by atoms with van der Waals surface area (Å²) in [5.41, 5.74) is 0. The molecule has 6 N–H and O–H groups in total. The Labute approximate surface area is 383 Å². The maximum atomic E-state index is 13.0. The lowest BCUT2D eigenvalue weighted by Crippen LogP contribution is -2.60. The van der Waals surface area contributed by atoms with Crippen LogP contribution in [0.15, 0.2) is 36.5 Å². The molecule has 11 nitrogen and oxygen atoms in total. The van der Waals surface area contributed by atoms with Crippen LogP contribution in [0.1, 0.15) is 219 Å². The topological polar surface area (TPSA) is 175 Å². The second-order valence-corrected chi connectivity index (χ2v) is 17.9. The van der Waals surface area contributed by atoms with Gasteiger partial charge in [-0.3, -0.25) is 9.59 Å². The van der Waals surface area contributed by atoms with Gasteiger partial charge in [0.25, 0.3) is 0 Å². The van der Waals surface area contributed by atoms with Gasteiger partial charge in [0, 0.05) is 12.8 Å². The highest BCUT2D eigenvalue weighted by molar-refractivity contribution is 5.76. The highest BCUT2D eigenvalue weighted by Crippen LogP contribution is 2.22. The van der Waals surface area contributed by atoms with E-state index in [1.807, 2.05) is 6.08 Å². The zero-order valence-corrected chi connectivity index (χ0v) is 40.0. The van der Waals surface area contributed by atoms with Gasteiger partial charge in [-0.05, 0) is 70.6 Å². The van der Waals surface area contributed by atoms with Crippen molar-refractivity contribution >= 4 is 11.9 Å². The van der Waals surface area contributed by atoms with Gasteiger partial charge in [0.15, 0.2) is 6.29 Å². The number of carbonyl (C=O) groups excluding carboxylic acids is 2. The van der Waals surface area contributed by atoms with E-state index in [1.165, 1.54) is 116 Å². The predicted molar refractivity (Wildman–Crippen MR) is 255 cm³/mol. The molecule has 0 aromatic rings. The van der Waals surface area contributed by atoms with Crippen LogP contribution in [0.3, 0.4) is 0 Å². The molecule has 0 aromatic heterocycles. The van der Waals surface area contributed by atoms with Crippen molar-refractivity contribution in [3.63, 3.8) is 0 Å². The van der Waals surface area contributed by atoms with Crippen LogP contribution in [0.5, 0.6) is 0 Å². The number of aliphatic hydroxyl groups excluding tert-OH is 5. The molecule has 1 rings (SSSR count). The Morgan fingerprint density at radius 3 is 1.59 bits per heavy atom. The van der Waals surface area contributed by atoms with Gasteiger partial charge < -0.3 is 45.1 Å². The molecule has 1 amide bonds. The first-order valence-corrected chi connectivity index (χ1v) is 25.8. The summed E-state index contributed by atoms with van der Waals surface area (Å²) in [4.78, 5) is 25.0. The molecular weight excluding hydrogens is 799 g/mol. The summed E-state index contributed by atoms with van der Waals surface area (Å²) in [5, 5.41) is 54.1. The highest BCUT2D eigenvalue weighted by atomic mass is 16.7. The molecule has 11 heteroatoms. The van der Waals surface area contributed by atoms with Gasteiger partial charge in [-0.15, -0.1) is 0 Å². The van der Waals surface area contributed by atoms with Crippen LogP contribution in [-0.2, 0) is 23.8 Å². The smallest absolute Gasteiger partial charge is 0.305 e. The lowest BCUT2D eigenvalue weighted by atomic mass is 9.99. The SMILES string of the molecule is CCCCCCC/C=C/CC/C=C/C(O)C(COC1OC(CO)C(O)C(O)C1O)NC(=O)CCCCC/C=C\CCCCCCCCOC(=O)CCCCCCCCCCCCC. The van der Waals surface area contributed by atoms with E-state index in [1.54, 1.807) is 6.08 Å². The molecule has 1 heterocycles. The number of carbonyl (C=O) groups is 2. The minimum Gasteiger partial charge on any atom is -0.466 e. The summed E-state index contributed by atoms with van der Waals surface area (Å²) in [7, 11) is 0. The maximum Gasteiger partial charge on any atom is 0.305 e. The summed E-state index contributed by atoms with van der Waals surface area (Å²) in [6.07, 6.45) is 39.4. The molecule has 0 saturated carbocycles. The third-order valence-corrected chi connectivity index (χ3v) is 12.0. The Kier molecular flexibility index (Phi) is 39.7. The third kappa shape index (κ3) is 33.1. The van der Waals surface area contributed by atoms with E-state index in [4.69, 9.17) is 14.2 Å². The largest absolute Gasteiger partial charge is 0.466 e. The fourth-order valence-corrected chi connectivity index (χ4v) is 7.80. The van der Waals surface area contributed by atoms with Crippen molar-refractivity contribution in [2.45, 2.75) is 262 Å². The normalized spacial score (nSPS) is 20.3. The number of ether oxygens (including phenoxy) is 3. The summed E-state index contributed by atoms with van der Waals surface area (Å²) in [6.45, 7) is 4.22. The van der Waals surface area contributed by atoms with Gasteiger partial charge in [0.05, 0.1) is 32.0 Å². The summed E-state index contributed by atoms with van der Waals surface area (Å²) in [5.74, 6) is -0.261. The fourth-order valence-electron chi connectivity index (χ4n) is 7.80. The minimum atomic E-state index is -1.59. The van der Waals surface area contributed by atoms with Gasteiger partial charge in [-0.25, -0.2) is 0 Å². The second-order valence-electron chi connectivity index (χ2n) is 17.9. The molecule has 7 unspecified atom stereocenters. The number of hydrogen-bond acceptors (Lipinski definition) is 10. The summed E-state index contributed by atoms with van der Waals surface area (Å²) in [6, 6.07) is -0.846. The number of nitrogens with one attached hydrogen (secondary N) is 1. The number of allylic oxidation sites excluding steroid dienone is 5. The van der Waals surface area contributed by atoms with Crippen molar-refractivity contribution < 1.29 is 49.3 Å². The third-order valence-electron chi connectivity index (χ3n) is 12.0. The Morgan fingerprint density at radius 2 is 1.03 bits per heavy atom. The first-order valence-electron chi connectivity index (χ1n) is 25.8. The van der Waals surface area contributed by atoms with Crippen LogP contribution in [-0.4, -0.2) is 100 Å². The van der Waals surface area contributed by atoms with Gasteiger partial charge in [0.1, 0.15) is 24.4 Å². The summed E-state index contributed by atoms with van der Waals surface area (Å²) >= 11 is 0. The zero-order chi connectivity index (χ0) is 46.0. The van der Waals surface area contributed by atoms with Crippen LogP contribution in [0.25, 0.3) is 0 Å². The molecule has 0 bridgehead atoms. The van der Waals surface area contributed by atoms with E-state index in [2.05, 4.69) is 43.5 Å². The number of amides is 1. The van der Waals surface area contributed by atoms with Crippen LogP contribution < -0.4 is 5.32 Å². The number of aliphatic hydroxyl groups is 5. The number of rotatable bonds is 43. The van der Waals surface area contributed by atoms with Crippen molar-refractivity contribution in [2.75, 3.05) is 19.8 Å². The average molecular weight is 894 g/mol. The Hall–Kier alpha value is -2.12. The summed E-state index contributed by atoms with van der Waals surface area (Å²) < 4.78 is 16.6. The number of hydrogen-bond donors (Lipinski definition) is 6. The van der Waals surface area contributed by atoms with Crippen molar-refractivity contribution in [1.82, 2.24) is 5.32 Å². The van der Waals surface area contributed by atoms with Crippen molar-refractivity contribution in [2.24, 2.45) is 0 Å². The molecule has 0 aliphatic carbocycles. The van der Waals surface area contributed by atoms with Gasteiger partial charge >= 0.3 is 5.97 Å². The lowest BCUT2D eigenvalue weighted by molar-refractivity contribution is -0.302. The van der Waals surface area contributed by atoms with Gasteiger partial charge in [-0.1, -0.05) is 172 Å². The molecule has 1 aliphatic rings. The molecule has 7 atom stereocenters. The van der Waals surface area contributed by atoms with E-state index >= 15 is 0 Å². The quantitative estimate of drug-likeness (QED) is 0.0196. The lowest BCUT2D eigenvalue weighted by Gasteiger charge is -2.40. The van der Waals surface area contributed by atoms with E-state index in [0.29, 0.717) is 25.9 Å². The average Bonchev–Trinajstić information content (AvgIpc) is 3.28. The second kappa shape index (κ2) is 42.5. The molecule has 63 heavy (non-hydrogen) atoms. The molecule has 1 saturated heterocycles. The van der Waals surface area contributed by atoms with Crippen molar-refractivity contribution in [3.8, 4) is 0 Å². The molecule has 368 valence electrons. The Bertz CT molecular complexity index is 1150. The molecule has 0 radical (unpaired) electrons. The van der Waals surface area contributed by atoms with Crippen molar-refractivity contribution in [1.29, 1.82) is 0 Å². The van der Waals surface area contributed by atoms with E-state index in [0.717, 1.165) is 70.6 Å². The van der Waals surface area contributed by atoms with Crippen LogP contribution >= 0.6 is 0 Å². The van der Waals surface area contributed by atoms with E-state index in [9.17, 15) is 35.1 Å². The van der Waals surface area contributed by atoms with Crippen molar-refractivity contribution in [3.05, 3.63) is 36.5 Å². The first-order chi connectivity index (χ1) is 30.7. The number of unbranched alkanes of at least 4 members (excludes halogenated alkanes) is 25. The van der Waals surface area contributed by atoms with E-state index < -0.39 is 49.5 Å². The zero-order valence-electron chi connectivity index (χ0n) is 40.0. The van der Waals surface area contributed by atoms with Gasteiger partial charge in [0.2, 0.25) is 5.91 Å². The van der Waals surface area contributed by atoms with E-state index in [-0.39, 0.29) is 18.5 Å². The van der Waals surface area contributed by atoms with Crippen LogP contribution in [0.2, 0.25) is 0 Å². The van der Waals surface area contributed by atoms with Gasteiger partial charge in [-0.2, -0.15) is 0 Å². The Balaban J connectivity index is 2.21. The highest BCUT2D eigenvalue weighted by Gasteiger charge is 2.44. The molecule has 0 spiro atoms. The van der Waals surface area contributed by atoms with Crippen LogP contribution in [0, 0.1) is 0 Å². The molecular formula is C52H95NO10. The minimum absolute atomic E-state index is 0.0370. The fraction of sp³-hybridized carbons (Fsp3) is 0.846. The molecule has 1 aliphatic heterocycles.